The van der Waals surface area contributed by atoms with E-state index in [2.05, 4.69) is 23.6 Å². The molecule has 0 amide bonds. The van der Waals surface area contributed by atoms with E-state index in [1.165, 1.54) is 62.2 Å². The van der Waals surface area contributed by atoms with Gasteiger partial charge in [0.15, 0.2) is 11.4 Å². The second-order valence-electron chi connectivity index (χ2n) is 7.45. The van der Waals surface area contributed by atoms with Gasteiger partial charge in [0.05, 0.1) is 0 Å². The van der Waals surface area contributed by atoms with Crippen molar-refractivity contribution in [3.63, 3.8) is 0 Å². The molecule has 0 aliphatic heterocycles. The van der Waals surface area contributed by atoms with Gasteiger partial charge in [-0.25, -0.2) is 9.78 Å². The van der Waals surface area contributed by atoms with E-state index in [-0.39, 0.29) is 16.9 Å². The molecule has 2 N–H and O–H groups in total. The first-order chi connectivity index (χ1) is 16.6. The number of benzene rings is 2. The van der Waals surface area contributed by atoms with Gasteiger partial charge in [-0.1, -0.05) is 32.8 Å². The number of unbranched alkanes of at least 4 members (excludes halogenated alkanes) is 2. The van der Waals surface area contributed by atoms with Crippen molar-refractivity contribution in [1.82, 2.24) is 4.98 Å². The molecule has 0 saturated heterocycles. The van der Waals surface area contributed by atoms with Crippen molar-refractivity contribution >= 4 is 16.7 Å². The summed E-state index contributed by atoms with van der Waals surface area (Å²) in [5.41, 5.74) is -0.518. The van der Waals surface area contributed by atoms with Crippen LogP contribution >= 0.6 is 0 Å². The fraction of sp³-hybridized carbons (Fsp3) is 0.360. The molecule has 0 atom stereocenters. The number of pyridine rings is 1. The van der Waals surface area contributed by atoms with Gasteiger partial charge in [-0.05, 0) is 43.2 Å². The second kappa shape index (κ2) is 13.4. The van der Waals surface area contributed by atoms with Gasteiger partial charge in [-0.3, -0.25) is 0 Å². The monoisotopic (exact) mass is 495 g/mol. The molecule has 0 saturated carbocycles. The lowest BCUT2D eigenvalue weighted by Crippen LogP contribution is -2.16. The van der Waals surface area contributed by atoms with E-state index >= 15 is 0 Å². The molecule has 2 aromatic carbocycles. The first kappa shape index (κ1) is 27.7. The number of carboxylic acid groups (broad SMARTS) is 1. The average Bonchev–Trinajstić information content (AvgIpc) is 2.79. The number of rotatable bonds is 10. The normalized spacial score (nSPS) is 11.0. The Hall–Kier alpha value is -3.53. The molecule has 0 spiro atoms. The summed E-state index contributed by atoms with van der Waals surface area (Å²) in [4.78, 5) is 14.7. The quantitative estimate of drug-likeness (QED) is 0.294. The Balaban J connectivity index is 0.000000410. The molecule has 0 unspecified atom stereocenters. The van der Waals surface area contributed by atoms with Crippen molar-refractivity contribution in [3.05, 3.63) is 54.4 Å². The molecule has 1 heterocycles. The maximum Gasteiger partial charge on any atom is 0.573 e. The van der Waals surface area contributed by atoms with Gasteiger partial charge >= 0.3 is 12.3 Å². The largest absolute Gasteiger partial charge is 0.573 e. The topological polar surface area (TPSA) is 98.1 Å². The summed E-state index contributed by atoms with van der Waals surface area (Å²) in [5, 5.41) is 19.7. The van der Waals surface area contributed by atoms with Crippen molar-refractivity contribution in [2.45, 2.75) is 45.9 Å². The smallest absolute Gasteiger partial charge is 0.505 e. The summed E-state index contributed by atoms with van der Waals surface area (Å²) in [6, 6.07) is 9.30. The van der Waals surface area contributed by atoms with Gasteiger partial charge in [-0.15, -0.1) is 13.2 Å². The van der Waals surface area contributed by atoms with E-state index < -0.39 is 29.5 Å². The zero-order chi connectivity index (χ0) is 25.8. The van der Waals surface area contributed by atoms with Gasteiger partial charge in [-0.2, -0.15) is 0 Å². The molecule has 7 nitrogen and oxygen atoms in total. The number of ether oxygens (including phenoxy) is 3. The molecule has 35 heavy (non-hydrogen) atoms. The summed E-state index contributed by atoms with van der Waals surface area (Å²) in [6.45, 7) is 6.28. The number of fused-ring (bicyclic) bond motifs is 1. The minimum Gasteiger partial charge on any atom is -0.505 e. The van der Waals surface area contributed by atoms with E-state index in [1.807, 2.05) is 0 Å². The third kappa shape index (κ3) is 9.32. The maximum atomic E-state index is 12.3. The van der Waals surface area contributed by atoms with Crippen LogP contribution in [0, 0.1) is 0 Å². The zero-order valence-electron chi connectivity index (χ0n) is 19.5. The highest BCUT2D eigenvalue weighted by molar-refractivity contribution is 5.98. The number of nitrogens with zero attached hydrogens (tertiary/aromatic N) is 1. The lowest BCUT2D eigenvalue weighted by Gasteiger charge is -2.11. The lowest BCUT2D eigenvalue weighted by atomic mass is 10.1. The molecule has 0 radical (unpaired) electrons. The highest BCUT2D eigenvalue weighted by Gasteiger charge is 2.31. The van der Waals surface area contributed by atoms with E-state index in [4.69, 9.17) is 14.6 Å². The standard InChI is InChI=1S/C17H10F3NO5.C8H18O/c18-17(19,20)26-12-3-1-2-10(6-12)25-11-5-4-9-8-21-14(16(23)24)15(22)13(9)7-11;1-3-5-7-9-8-6-4-2/h1-8,22H,(H,23,24);3-8H2,1-2H3. The van der Waals surface area contributed by atoms with Crippen molar-refractivity contribution in [2.24, 2.45) is 0 Å². The van der Waals surface area contributed by atoms with Crippen LogP contribution in [0.25, 0.3) is 10.8 Å². The zero-order valence-corrected chi connectivity index (χ0v) is 19.5. The van der Waals surface area contributed by atoms with E-state index in [0.29, 0.717) is 5.39 Å². The molecule has 0 aliphatic carbocycles. The lowest BCUT2D eigenvalue weighted by molar-refractivity contribution is -0.274. The minimum absolute atomic E-state index is 0.0677. The molecule has 0 fully saturated rings. The van der Waals surface area contributed by atoms with Crippen LogP contribution in [-0.4, -0.2) is 40.7 Å². The first-order valence-electron chi connectivity index (χ1n) is 11.1. The van der Waals surface area contributed by atoms with Crippen LogP contribution in [0.15, 0.2) is 48.7 Å². The predicted octanol–water partition coefficient (Wildman–Crippen LogP) is 6.93. The SMILES string of the molecule is CCCCOCCCC.O=C(O)c1ncc2ccc(Oc3cccc(OC(F)(F)F)c3)cc2c1O. The van der Waals surface area contributed by atoms with Crippen molar-refractivity contribution in [2.75, 3.05) is 13.2 Å². The summed E-state index contributed by atoms with van der Waals surface area (Å²) in [7, 11) is 0. The Labute approximate surface area is 201 Å². The van der Waals surface area contributed by atoms with Gasteiger partial charge in [0.1, 0.15) is 17.2 Å². The van der Waals surface area contributed by atoms with Crippen molar-refractivity contribution in [1.29, 1.82) is 0 Å². The van der Waals surface area contributed by atoms with Gasteiger partial charge in [0.2, 0.25) is 0 Å². The Morgan fingerprint density at radius 3 is 2.20 bits per heavy atom. The van der Waals surface area contributed by atoms with Gasteiger partial charge in [0.25, 0.3) is 0 Å². The van der Waals surface area contributed by atoms with Crippen LogP contribution in [-0.2, 0) is 4.74 Å². The van der Waals surface area contributed by atoms with Crippen molar-refractivity contribution < 1.29 is 42.4 Å². The van der Waals surface area contributed by atoms with Crippen molar-refractivity contribution in [3.8, 4) is 23.0 Å². The molecule has 190 valence electrons. The predicted molar refractivity (Wildman–Crippen MR) is 124 cm³/mol. The van der Waals surface area contributed by atoms with Gasteiger partial charge < -0.3 is 24.4 Å². The summed E-state index contributed by atoms with van der Waals surface area (Å²) >= 11 is 0. The minimum atomic E-state index is -4.83. The van der Waals surface area contributed by atoms with E-state index in [1.54, 1.807) is 0 Å². The highest BCUT2D eigenvalue weighted by Crippen LogP contribution is 2.33. The van der Waals surface area contributed by atoms with E-state index in [0.717, 1.165) is 25.3 Å². The van der Waals surface area contributed by atoms with Gasteiger partial charge in [0, 0.05) is 36.2 Å². The number of aromatic hydroxyl groups is 1. The molecule has 10 heteroatoms. The fourth-order valence-corrected chi connectivity index (χ4v) is 2.86. The Morgan fingerprint density at radius 1 is 0.971 bits per heavy atom. The average molecular weight is 495 g/mol. The van der Waals surface area contributed by atoms with Crippen LogP contribution in [0.4, 0.5) is 13.2 Å². The maximum absolute atomic E-state index is 12.3. The third-order valence-electron chi connectivity index (χ3n) is 4.60. The number of hydrogen-bond acceptors (Lipinski definition) is 6. The van der Waals surface area contributed by atoms with Crippen LogP contribution in [0.3, 0.4) is 0 Å². The molecule has 3 rings (SSSR count). The third-order valence-corrected chi connectivity index (χ3v) is 4.60. The number of hydrogen-bond donors (Lipinski definition) is 2. The molecule has 3 aromatic rings. The van der Waals surface area contributed by atoms with Crippen LogP contribution < -0.4 is 9.47 Å². The Morgan fingerprint density at radius 2 is 1.60 bits per heavy atom. The van der Waals surface area contributed by atoms with Crippen LogP contribution in [0.5, 0.6) is 23.0 Å². The summed E-state index contributed by atoms with van der Waals surface area (Å²) in [5.74, 6) is -2.13. The molecular weight excluding hydrogens is 467 g/mol. The van der Waals surface area contributed by atoms with Crippen LogP contribution in [0.1, 0.15) is 50.0 Å². The number of carbonyl (C=O) groups is 1. The highest BCUT2D eigenvalue weighted by atomic mass is 19.4. The number of halogens is 3. The Kier molecular flexibility index (Phi) is 10.6. The molecule has 0 bridgehead atoms. The van der Waals surface area contributed by atoms with E-state index in [9.17, 15) is 23.1 Å². The number of alkyl halides is 3. The molecular formula is C25H28F3NO6. The van der Waals surface area contributed by atoms with Crippen LogP contribution in [0.2, 0.25) is 0 Å². The fourth-order valence-electron chi connectivity index (χ4n) is 2.86. The first-order valence-corrected chi connectivity index (χ1v) is 11.1. The second-order valence-corrected chi connectivity index (χ2v) is 7.45. The molecule has 1 aromatic heterocycles. The summed E-state index contributed by atoms with van der Waals surface area (Å²) < 4.78 is 51.4. The number of carboxylic acids is 1. The summed E-state index contributed by atoms with van der Waals surface area (Å²) in [6.07, 6.45) is 1.36. The number of aromatic carboxylic acids is 1. The Bertz CT molecular complexity index is 1100. The molecule has 0 aliphatic rings. The number of aromatic nitrogens is 1.